The van der Waals surface area contributed by atoms with Crippen LogP contribution < -0.4 is 10.5 Å². The molecule has 0 spiro atoms. The molecule has 9 heteroatoms. The summed E-state index contributed by atoms with van der Waals surface area (Å²) in [5, 5.41) is 2.71. The molecule has 5 rings (SSSR count). The Labute approximate surface area is 211 Å². The maximum Gasteiger partial charge on any atom is 0.411 e. The minimum absolute atomic E-state index is 0.00121. The van der Waals surface area contributed by atoms with Crippen molar-refractivity contribution in [2.24, 2.45) is 5.41 Å². The van der Waals surface area contributed by atoms with Crippen LogP contribution in [0.4, 0.5) is 18.9 Å². The van der Waals surface area contributed by atoms with Gasteiger partial charge in [0.15, 0.2) is 5.78 Å². The van der Waals surface area contributed by atoms with Crippen LogP contribution in [0.2, 0.25) is 0 Å². The average Bonchev–Trinajstić information content (AvgIpc) is 3.24. The fourth-order valence-corrected chi connectivity index (χ4v) is 5.65. The summed E-state index contributed by atoms with van der Waals surface area (Å²) in [7, 11) is 0. The number of aryl methyl sites for hydroxylation is 2. The third kappa shape index (κ3) is 3.51. The van der Waals surface area contributed by atoms with E-state index in [9.17, 15) is 14.4 Å². The summed E-state index contributed by atoms with van der Waals surface area (Å²) < 4.78 is 47.2. The Kier molecular flexibility index (Phi) is 5.40. The van der Waals surface area contributed by atoms with Crippen molar-refractivity contribution >= 4 is 17.4 Å². The summed E-state index contributed by atoms with van der Waals surface area (Å²) in [5.74, 6) is -2.14. The first-order valence-corrected chi connectivity index (χ1v) is 11.9. The molecule has 0 fully saturated rings. The zero-order valence-corrected chi connectivity index (χ0v) is 20.9. The number of amides is 1. The quantitative estimate of drug-likeness (QED) is 0.523. The van der Waals surface area contributed by atoms with Crippen molar-refractivity contribution in [1.29, 1.82) is 0 Å². The van der Waals surface area contributed by atoms with Crippen molar-refractivity contribution in [3.05, 3.63) is 93.0 Å². The summed E-state index contributed by atoms with van der Waals surface area (Å²) in [6.45, 7) is 6.71. The van der Waals surface area contributed by atoms with Gasteiger partial charge in [-0.15, -0.1) is 0 Å². The second kappa shape index (κ2) is 8.06. The molecule has 6 nitrogen and oxygen atoms in total. The van der Waals surface area contributed by atoms with Crippen molar-refractivity contribution in [3.63, 3.8) is 0 Å². The largest absolute Gasteiger partial charge is 0.411 e. The molecule has 1 N–H and O–H groups in total. The van der Waals surface area contributed by atoms with E-state index in [4.69, 9.17) is 0 Å². The summed E-state index contributed by atoms with van der Waals surface area (Å²) in [6.07, 6.45) is -5.36. The normalized spacial score (nSPS) is 21.5. The number of halogens is 3. The highest BCUT2D eigenvalue weighted by molar-refractivity contribution is 6.20. The van der Waals surface area contributed by atoms with E-state index in [0.717, 1.165) is 15.1 Å². The van der Waals surface area contributed by atoms with E-state index in [1.54, 1.807) is 68.4 Å². The van der Waals surface area contributed by atoms with Crippen LogP contribution in [0.5, 0.6) is 0 Å². The van der Waals surface area contributed by atoms with E-state index in [1.165, 1.54) is 6.92 Å². The van der Waals surface area contributed by atoms with Gasteiger partial charge < -0.3 is 0 Å². The number of carbonyl (C=O) groups excluding carboxylic acids is 2. The lowest BCUT2D eigenvalue weighted by Crippen LogP contribution is -2.55. The summed E-state index contributed by atoms with van der Waals surface area (Å²) in [5.41, 5.74) is -5.29. The molecule has 1 atom stereocenters. The Balaban J connectivity index is 1.87. The molecule has 0 radical (unpaired) electrons. The lowest BCUT2D eigenvalue weighted by Gasteiger charge is -2.35. The van der Waals surface area contributed by atoms with Crippen molar-refractivity contribution in [3.8, 4) is 5.69 Å². The number of para-hydroxylation sites is 1. The first-order valence-electron chi connectivity index (χ1n) is 11.9. The number of ketones is 1. The number of rotatable bonds is 3. The molecule has 2 aliphatic rings. The van der Waals surface area contributed by atoms with Crippen LogP contribution in [0.3, 0.4) is 0 Å². The first-order chi connectivity index (χ1) is 17.3. The van der Waals surface area contributed by atoms with Crippen LogP contribution in [0.25, 0.3) is 5.69 Å². The number of carbonyl (C=O) groups is 2. The zero-order chi connectivity index (χ0) is 26.9. The summed E-state index contributed by atoms with van der Waals surface area (Å²) in [4.78, 5) is 42.4. The van der Waals surface area contributed by atoms with Crippen molar-refractivity contribution in [1.82, 2.24) is 9.78 Å². The number of allylic oxidation sites excluding steroid dienone is 1. The molecule has 0 saturated heterocycles. The standard InChI is InChI=1S/C28H26F3N3O3/c1-16-10-12-18(13-11-16)33-20-14-26(3,4)15-21(35)23(20)27(25(33)37,28(29,30)31)22-17(2)32-34(24(22)36)19-8-6-5-7-9-19/h5-13,32H,14-15H2,1-4H3/t27-/m1/s1. The molecular formula is C28H26F3N3O3. The molecule has 2 heterocycles. The number of nitrogens with one attached hydrogen (secondary N) is 1. The van der Waals surface area contributed by atoms with Gasteiger partial charge in [-0.05, 0) is 49.9 Å². The Morgan fingerprint density at radius 1 is 0.865 bits per heavy atom. The number of aromatic amines is 1. The van der Waals surface area contributed by atoms with Crippen molar-refractivity contribution < 1.29 is 22.8 Å². The number of benzene rings is 2. The van der Waals surface area contributed by atoms with Gasteiger partial charge in [-0.3, -0.25) is 24.4 Å². The molecule has 1 aliphatic carbocycles. The van der Waals surface area contributed by atoms with E-state index in [0.29, 0.717) is 5.69 Å². The van der Waals surface area contributed by atoms with E-state index >= 15 is 13.2 Å². The Bertz CT molecular complexity index is 1510. The van der Waals surface area contributed by atoms with Gasteiger partial charge in [0.1, 0.15) is 0 Å². The third-order valence-electron chi connectivity index (χ3n) is 7.20. The lowest BCUT2D eigenvalue weighted by atomic mass is 9.66. The second-order valence-corrected chi connectivity index (χ2v) is 10.6. The minimum atomic E-state index is -5.26. The van der Waals surface area contributed by atoms with Crippen LogP contribution in [0.1, 0.15) is 43.5 Å². The van der Waals surface area contributed by atoms with Crippen LogP contribution in [-0.4, -0.2) is 27.6 Å². The molecule has 0 bridgehead atoms. The van der Waals surface area contributed by atoms with Crippen molar-refractivity contribution in [2.75, 3.05) is 4.90 Å². The highest BCUT2D eigenvalue weighted by atomic mass is 19.4. The fourth-order valence-electron chi connectivity index (χ4n) is 5.65. The Hall–Kier alpha value is -3.88. The molecule has 37 heavy (non-hydrogen) atoms. The van der Waals surface area contributed by atoms with Gasteiger partial charge in [0.25, 0.3) is 11.5 Å². The van der Waals surface area contributed by atoms with Gasteiger partial charge in [0, 0.05) is 29.1 Å². The van der Waals surface area contributed by atoms with E-state index in [2.05, 4.69) is 5.10 Å². The Morgan fingerprint density at radius 3 is 2.08 bits per heavy atom. The Morgan fingerprint density at radius 2 is 1.49 bits per heavy atom. The highest BCUT2D eigenvalue weighted by Gasteiger charge is 2.73. The van der Waals surface area contributed by atoms with Gasteiger partial charge in [-0.1, -0.05) is 49.7 Å². The highest BCUT2D eigenvalue weighted by Crippen LogP contribution is 2.58. The molecule has 1 aromatic heterocycles. The zero-order valence-electron chi connectivity index (χ0n) is 20.9. The molecular weight excluding hydrogens is 483 g/mol. The van der Waals surface area contributed by atoms with Crippen LogP contribution in [-0.2, 0) is 15.0 Å². The number of nitrogens with zero attached hydrogens (tertiary/aromatic N) is 2. The first kappa shape index (κ1) is 24.8. The van der Waals surface area contributed by atoms with Crippen LogP contribution in [0, 0.1) is 19.3 Å². The van der Waals surface area contributed by atoms with E-state index < -0.39 is 45.4 Å². The second-order valence-electron chi connectivity index (χ2n) is 10.6. The number of hydrogen-bond donors (Lipinski definition) is 1. The fraction of sp³-hybridized carbons (Fsp3) is 0.321. The van der Waals surface area contributed by atoms with Crippen LogP contribution >= 0.6 is 0 Å². The van der Waals surface area contributed by atoms with Crippen LogP contribution in [0.15, 0.2) is 70.7 Å². The van der Waals surface area contributed by atoms with E-state index in [-0.39, 0.29) is 29.9 Å². The molecule has 0 unspecified atom stereocenters. The van der Waals surface area contributed by atoms with E-state index in [1.807, 2.05) is 6.92 Å². The van der Waals surface area contributed by atoms with Gasteiger partial charge in [0.2, 0.25) is 5.41 Å². The number of Topliss-reactive ketones (excluding diaryl/α,β-unsaturated/α-hetero) is 1. The number of H-pyrrole nitrogens is 1. The molecule has 0 saturated carbocycles. The summed E-state index contributed by atoms with van der Waals surface area (Å²) in [6, 6.07) is 14.6. The lowest BCUT2D eigenvalue weighted by molar-refractivity contribution is -0.184. The predicted octanol–water partition coefficient (Wildman–Crippen LogP) is 5.27. The summed E-state index contributed by atoms with van der Waals surface area (Å²) >= 11 is 0. The SMILES string of the molecule is Cc1ccc(N2C(=O)[C@](c3c(C)[nH]n(-c4ccccc4)c3=O)(C(F)(F)F)C3=C2CC(C)(C)CC3=O)cc1. The molecule has 1 aliphatic heterocycles. The number of aromatic nitrogens is 2. The van der Waals surface area contributed by atoms with Crippen molar-refractivity contribution in [2.45, 2.75) is 52.1 Å². The molecule has 3 aromatic rings. The third-order valence-corrected chi connectivity index (χ3v) is 7.20. The maximum atomic E-state index is 15.4. The molecule has 1 amide bonds. The van der Waals surface area contributed by atoms with Gasteiger partial charge >= 0.3 is 6.18 Å². The topological polar surface area (TPSA) is 75.2 Å². The van der Waals surface area contributed by atoms with Gasteiger partial charge in [-0.25, -0.2) is 4.68 Å². The smallest absolute Gasteiger partial charge is 0.295 e. The monoisotopic (exact) mass is 509 g/mol. The molecule has 2 aromatic carbocycles. The minimum Gasteiger partial charge on any atom is -0.295 e. The maximum absolute atomic E-state index is 15.4. The number of alkyl halides is 3. The predicted molar refractivity (Wildman–Crippen MR) is 133 cm³/mol. The number of anilines is 1. The van der Waals surface area contributed by atoms with Gasteiger partial charge in [-0.2, -0.15) is 13.2 Å². The van der Waals surface area contributed by atoms with Gasteiger partial charge in [0.05, 0.1) is 11.3 Å². The average molecular weight is 510 g/mol. The number of hydrogen-bond acceptors (Lipinski definition) is 3. The molecule has 192 valence electrons.